The number of carbonyl (C=O) groups is 1. The van der Waals surface area contributed by atoms with E-state index in [-0.39, 0.29) is 10.1 Å². The summed E-state index contributed by atoms with van der Waals surface area (Å²) in [6.45, 7) is 1.85. The second-order valence-corrected chi connectivity index (χ2v) is 8.44. The van der Waals surface area contributed by atoms with Gasteiger partial charge in [-0.1, -0.05) is 59.0 Å². The van der Waals surface area contributed by atoms with E-state index in [0.717, 1.165) is 11.1 Å². The standard InChI is InChI=1S/C22H17FIN5O/c1-13(24)26-22(30)29-20-10-9-18-21(28-20)27-19(12-25-18)16-8-7-15(11-17(16)23)14-5-3-2-4-6-14/h2-13H,1H3,(H2,26,27,28,29,30). The second-order valence-electron chi connectivity index (χ2n) is 6.57. The number of hydrogen-bond acceptors (Lipinski definition) is 4. The number of urea groups is 1. The first-order valence-corrected chi connectivity index (χ1v) is 10.4. The van der Waals surface area contributed by atoms with Gasteiger partial charge < -0.3 is 5.32 Å². The van der Waals surface area contributed by atoms with Crippen molar-refractivity contribution in [1.82, 2.24) is 20.3 Å². The van der Waals surface area contributed by atoms with E-state index in [2.05, 4.69) is 48.2 Å². The number of benzene rings is 2. The Morgan fingerprint density at radius 2 is 1.83 bits per heavy atom. The minimum Gasteiger partial charge on any atom is -0.326 e. The molecule has 2 N–H and O–H groups in total. The Hall–Kier alpha value is -3.14. The molecule has 0 bridgehead atoms. The molecule has 2 aromatic carbocycles. The Bertz CT molecular complexity index is 1220. The van der Waals surface area contributed by atoms with Crippen LogP contribution in [0.1, 0.15) is 6.92 Å². The monoisotopic (exact) mass is 513 g/mol. The normalized spacial score (nSPS) is 11.8. The van der Waals surface area contributed by atoms with Crippen LogP contribution in [-0.2, 0) is 0 Å². The second kappa shape index (κ2) is 8.70. The minimum atomic E-state index is -0.394. The van der Waals surface area contributed by atoms with E-state index < -0.39 is 5.82 Å². The topological polar surface area (TPSA) is 79.8 Å². The third-order valence-electron chi connectivity index (χ3n) is 4.33. The zero-order valence-electron chi connectivity index (χ0n) is 15.9. The molecule has 6 nitrogen and oxygen atoms in total. The van der Waals surface area contributed by atoms with Gasteiger partial charge in [0.15, 0.2) is 5.65 Å². The summed E-state index contributed by atoms with van der Waals surface area (Å²) in [5.41, 5.74) is 3.29. The van der Waals surface area contributed by atoms with Gasteiger partial charge in [-0.25, -0.2) is 19.2 Å². The maximum Gasteiger partial charge on any atom is 0.321 e. The maximum atomic E-state index is 14.8. The molecule has 0 fully saturated rings. The zero-order valence-corrected chi connectivity index (χ0v) is 18.1. The van der Waals surface area contributed by atoms with Crippen molar-refractivity contribution >= 4 is 45.6 Å². The fourth-order valence-electron chi connectivity index (χ4n) is 2.96. The van der Waals surface area contributed by atoms with Gasteiger partial charge in [0.25, 0.3) is 0 Å². The number of aromatic nitrogens is 3. The van der Waals surface area contributed by atoms with E-state index in [1.807, 2.05) is 43.3 Å². The fraction of sp³-hybridized carbons (Fsp3) is 0.0909. The number of rotatable bonds is 4. The van der Waals surface area contributed by atoms with Gasteiger partial charge in [0.05, 0.1) is 15.9 Å². The molecule has 2 amide bonds. The number of fused-ring (bicyclic) bond motifs is 1. The number of pyridine rings is 1. The van der Waals surface area contributed by atoms with Crippen molar-refractivity contribution in [2.75, 3.05) is 5.32 Å². The summed E-state index contributed by atoms with van der Waals surface area (Å²) < 4.78 is 14.8. The van der Waals surface area contributed by atoms with Gasteiger partial charge in [0.1, 0.15) is 17.2 Å². The molecule has 0 saturated heterocycles. The van der Waals surface area contributed by atoms with E-state index in [9.17, 15) is 9.18 Å². The van der Waals surface area contributed by atoms with Gasteiger partial charge >= 0.3 is 6.03 Å². The number of carbonyl (C=O) groups excluding carboxylic acids is 1. The van der Waals surface area contributed by atoms with Gasteiger partial charge in [-0.15, -0.1) is 0 Å². The van der Waals surface area contributed by atoms with Crippen LogP contribution < -0.4 is 10.6 Å². The molecule has 8 heteroatoms. The number of hydrogen-bond donors (Lipinski definition) is 2. The molecule has 2 aromatic heterocycles. The lowest BCUT2D eigenvalue weighted by molar-refractivity contribution is 0.252. The van der Waals surface area contributed by atoms with Gasteiger partial charge in [-0.05, 0) is 42.3 Å². The molecular formula is C22H17FIN5O. The Balaban J connectivity index is 1.65. The van der Waals surface area contributed by atoms with Crippen molar-refractivity contribution < 1.29 is 9.18 Å². The lowest BCUT2D eigenvalue weighted by atomic mass is 10.0. The first kappa shape index (κ1) is 20.1. The Kier molecular flexibility index (Phi) is 5.84. The van der Waals surface area contributed by atoms with Gasteiger partial charge in [0.2, 0.25) is 0 Å². The highest BCUT2D eigenvalue weighted by Crippen LogP contribution is 2.27. The van der Waals surface area contributed by atoms with Crippen molar-refractivity contribution in [3.63, 3.8) is 0 Å². The molecule has 1 atom stereocenters. The van der Waals surface area contributed by atoms with Crippen molar-refractivity contribution in [2.24, 2.45) is 0 Å². The quantitative estimate of drug-likeness (QED) is 0.218. The molecule has 0 aliphatic heterocycles. The Labute approximate surface area is 186 Å². The average Bonchev–Trinajstić information content (AvgIpc) is 2.73. The number of amides is 2. The van der Waals surface area contributed by atoms with E-state index in [4.69, 9.17) is 0 Å². The largest absolute Gasteiger partial charge is 0.326 e. The molecule has 1 unspecified atom stereocenters. The van der Waals surface area contributed by atoms with Crippen molar-refractivity contribution in [3.8, 4) is 22.4 Å². The third kappa shape index (κ3) is 4.54. The minimum absolute atomic E-state index is 0.0312. The SMILES string of the molecule is CC(I)NC(=O)Nc1ccc2ncc(-c3ccc(-c4ccccc4)cc3F)nc2n1. The van der Waals surface area contributed by atoms with Crippen LogP contribution in [0.2, 0.25) is 0 Å². The van der Waals surface area contributed by atoms with Gasteiger partial charge in [-0.2, -0.15) is 0 Å². The van der Waals surface area contributed by atoms with Gasteiger partial charge in [0, 0.05) is 5.56 Å². The fourth-order valence-corrected chi connectivity index (χ4v) is 3.25. The van der Waals surface area contributed by atoms with Crippen LogP contribution in [0.3, 0.4) is 0 Å². The maximum absolute atomic E-state index is 14.8. The highest BCUT2D eigenvalue weighted by atomic mass is 127. The van der Waals surface area contributed by atoms with Gasteiger partial charge in [-0.3, -0.25) is 10.3 Å². The predicted octanol–water partition coefficient (Wildman–Crippen LogP) is 5.40. The van der Waals surface area contributed by atoms with E-state index in [1.165, 1.54) is 12.3 Å². The molecule has 4 rings (SSSR count). The summed E-state index contributed by atoms with van der Waals surface area (Å²) in [5.74, 6) is -0.0573. The van der Waals surface area contributed by atoms with E-state index in [1.54, 1.807) is 18.2 Å². The summed E-state index contributed by atoms with van der Waals surface area (Å²) in [5, 5.41) is 5.37. The summed E-state index contributed by atoms with van der Waals surface area (Å²) >= 11 is 2.08. The van der Waals surface area contributed by atoms with Crippen LogP contribution in [-0.4, -0.2) is 25.0 Å². The first-order chi connectivity index (χ1) is 14.5. The Morgan fingerprint density at radius 3 is 2.57 bits per heavy atom. The lowest BCUT2D eigenvalue weighted by Gasteiger charge is -2.09. The molecular weight excluding hydrogens is 496 g/mol. The highest BCUT2D eigenvalue weighted by molar-refractivity contribution is 14.1. The summed E-state index contributed by atoms with van der Waals surface area (Å²) in [7, 11) is 0. The zero-order chi connectivity index (χ0) is 21.1. The molecule has 0 radical (unpaired) electrons. The highest BCUT2D eigenvalue weighted by Gasteiger charge is 2.12. The van der Waals surface area contributed by atoms with Crippen molar-refractivity contribution in [3.05, 3.63) is 72.7 Å². The summed E-state index contributed by atoms with van der Waals surface area (Å²) in [6.07, 6.45) is 1.52. The van der Waals surface area contributed by atoms with Crippen molar-refractivity contribution in [2.45, 2.75) is 11.0 Å². The Morgan fingerprint density at radius 1 is 1.03 bits per heavy atom. The third-order valence-corrected chi connectivity index (χ3v) is 4.64. The molecule has 0 aliphatic rings. The van der Waals surface area contributed by atoms with Crippen LogP contribution in [0.4, 0.5) is 15.0 Å². The average molecular weight is 513 g/mol. The first-order valence-electron chi connectivity index (χ1n) is 9.20. The van der Waals surface area contributed by atoms with Crippen LogP contribution in [0, 0.1) is 5.82 Å². The van der Waals surface area contributed by atoms with Crippen LogP contribution in [0.15, 0.2) is 66.9 Å². The number of nitrogens with one attached hydrogen (secondary N) is 2. The molecule has 0 spiro atoms. The molecule has 4 aromatic rings. The van der Waals surface area contributed by atoms with Crippen LogP contribution >= 0.6 is 22.6 Å². The number of halogens is 2. The smallest absolute Gasteiger partial charge is 0.321 e. The lowest BCUT2D eigenvalue weighted by Crippen LogP contribution is -2.32. The van der Waals surface area contributed by atoms with Crippen LogP contribution in [0.25, 0.3) is 33.5 Å². The van der Waals surface area contributed by atoms with Crippen molar-refractivity contribution in [1.29, 1.82) is 0 Å². The van der Waals surface area contributed by atoms with E-state index in [0.29, 0.717) is 28.2 Å². The molecule has 0 aliphatic carbocycles. The number of alkyl halides is 1. The predicted molar refractivity (Wildman–Crippen MR) is 124 cm³/mol. The number of anilines is 1. The van der Waals surface area contributed by atoms with Crippen LogP contribution in [0.5, 0.6) is 0 Å². The molecule has 0 saturated carbocycles. The molecule has 30 heavy (non-hydrogen) atoms. The number of nitrogens with zero attached hydrogens (tertiary/aromatic N) is 3. The molecule has 2 heterocycles. The van der Waals surface area contributed by atoms with E-state index >= 15 is 0 Å². The summed E-state index contributed by atoms with van der Waals surface area (Å²) in [4.78, 5) is 25.0. The molecule has 150 valence electrons. The summed E-state index contributed by atoms with van der Waals surface area (Å²) in [6, 6.07) is 17.6.